The summed E-state index contributed by atoms with van der Waals surface area (Å²) in [6.45, 7) is 5.22. The highest BCUT2D eigenvalue weighted by molar-refractivity contribution is 6.59. The van der Waals surface area contributed by atoms with Gasteiger partial charge in [0, 0.05) is 55.2 Å². The van der Waals surface area contributed by atoms with Crippen molar-refractivity contribution in [3.63, 3.8) is 0 Å². The molecule has 2 aliphatic rings. The number of nitrogens with two attached hydrogens (primary N) is 1. The van der Waals surface area contributed by atoms with Gasteiger partial charge >= 0.3 is 0 Å². The zero-order chi connectivity index (χ0) is 41.8. The molecule has 0 unspecified atom stereocenters. The monoisotopic (exact) mass is 776 g/mol. The fourth-order valence-electron chi connectivity index (χ4n) is 7.14. The lowest BCUT2D eigenvalue weighted by Crippen LogP contribution is -2.43. The zero-order valence-corrected chi connectivity index (χ0v) is 32.7. The number of anilines is 2. The van der Waals surface area contributed by atoms with Crippen LogP contribution in [0.4, 0.5) is 11.5 Å². The lowest BCUT2D eigenvalue weighted by Gasteiger charge is -2.31. The molecule has 2 fully saturated rings. The molecular formula is C42H38B6N4O7. The van der Waals surface area contributed by atoms with E-state index in [9.17, 15) is 9.59 Å². The fourth-order valence-corrected chi connectivity index (χ4v) is 7.14. The lowest BCUT2D eigenvalue weighted by atomic mass is 9.52. The topological polar surface area (TPSA) is 136 Å². The number of nitrogens with one attached hydrogen (secondary N) is 1. The molecule has 4 heterocycles. The number of hydrogen-bond donors (Lipinski definition) is 2. The quantitative estimate of drug-likeness (QED) is 0.181. The molecule has 12 radical (unpaired) electrons. The van der Waals surface area contributed by atoms with Crippen molar-refractivity contribution >= 4 is 80.9 Å². The number of carbonyl (C=O) groups is 1. The van der Waals surface area contributed by atoms with E-state index in [1.165, 1.54) is 6.20 Å². The zero-order valence-electron chi connectivity index (χ0n) is 32.7. The van der Waals surface area contributed by atoms with Crippen LogP contribution in [0, 0.1) is 12.8 Å². The summed E-state index contributed by atoms with van der Waals surface area (Å²) < 4.78 is 30.3. The number of hydrogen-bond acceptors (Lipinski definition) is 9. The van der Waals surface area contributed by atoms with Crippen molar-refractivity contribution in [2.75, 3.05) is 50.7 Å². The van der Waals surface area contributed by atoms with Crippen molar-refractivity contribution in [2.24, 2.45) is 5.92 Å². The number of nitrogens with zero attached hydrogens (tertiary/aromatic N) is 2. The number of benzene rings is 3. The van der Waals surface area contributed by atoms with E-state index in [-0.39, 0.29) is 56.9 Å². The summed E-state index contributed by atoms with van der Waals surface area (Å²) in [5, 5.41) is 0.730. The van der Waals surface area contributed by atoms with Gasteiger partial charge in [-0.25, -0.2) is 4.98 Å². The van der Waals surface area contributed by atoms with Crippen LogP contribution in [-0.4, -0.2) is 114 Å². The third kappa shape index (κ3) is 9.86. The molecule has 7 rings (SSSR count). The maximum atomic E-state index is 13.8. The number of rotatable bonds is 12. The number of ether oxygens (including phenoxy) is 5. The molecule has 5 aromatic rings. The molecule has 11 nitrogen and oxygen atoms in total. The van der Waals surface area contributed by atoms with Gasteiger partial charge in [-0.1, -0.05) is 52.9 Å². The van der Waals surface area contributed by atoms with E-state index in [2.05, 4.69) is 10.3 Å². The van der Waals surface area contributed by atoms with Crippen molar-refractivity contribution in [2.45, 2.75) is 37.7 Å². The largest absolute Gasteiger partial charge is 0.513 e. The summed E-state index contributed by atoms with van der Waals surface area (Å²) in [5.74, 6) is -0.130. The number of aryl methyl sites for hydroxylation is 1. The smallest absolute Gasteiger partial charge is 0.261 e. The summed E-state index contributed by atoms with van der Waals surface area (Å²) in [7, 11) is 37.3. The molecule has 17 heteroatoms. The SMILES string of the molecule is [B]c1c([B])c(-c2cnc(N)c(-c3ccc(NC(=O)c4cn(CC5CCOCC5)cc(-c5ccc(C)cc5)c4=O)cc3)c2)c([B])c(OC([B])([B])[B])c1OC[C@H]1COCCO1. The van der Waals surface area contributed by atoms with Gasteiger partial charge in [-0.3, -0.25) is 9.59 Å². The van der Waals surface area contributed by atoms with Crippen molar-refractivity contribution in [1.82, 2.24) is 9.55 Å². The van der Waals surface area contributed by atoms with Crippen LogP contribution in [0.2, 0.25) is 0 Å². The van der Waals surface area contributed by atoms with Gasteiger partial charge in [0.05, 0.1) is 19.8 Å². The lowest BCUT2D eigenvalue weighted by molar-refractivity contribution is -0.101. The number of amides is 1. The van der Waals surface area contributed by atoms with Gasteiger partial charge < -0.3 is 39.3 Å². The number of nitrogen functional groups attached to an aromatic ring is 1. The van der Waals surface area contributed by atoms with Crippen LogP contribution in [0.15, 0.2) is 78.0 Å². The van der Waals surface area contributed by atoms with E-state index in [0.29, 0.717) is 73.4 Å². The number of pyridine rings is 2. The maximum absolute atomic E-state index is 13.8. The predicted molar refractivity (Wildman–Crippen MR) is 235 cm³/mol. The van der Waals surface area contributed by atoms with Gasteiger partial charge in [-0.2, -0.15) is 0 Å². The first-order valence-corrected chi connectivity index (χ1v) is 19.2. The third-order valence-corrected chi connectivity index (χ3v) is 10.3. The number of carbonyl (C=O) groups excluding carboxylic acids is 1. The molecule has 59 heavy (non-hydrogen) atoms. The minimum Gasteiger partial charge on any atom is -0.513 e. The van der Waals surface area contributed by atoms with Gasteiger partial charge in [-0.05, 0) is 76.9 Å². The van der Waals surface area contributed by atoms with Gasteiger partial charge in [0.1, 0.15) is 71.2 Å². The van der Waals surface area contributed by atoms with E-state index >= 15 is 0 Å². The molecule has 2 saturated heterocycles. The van der Waals surface area contributed by atoms with Crippen LogP contribution in [0.1, 0.15) is 28.8 Å². The average molecular weight is 776 g/mol. The Hall–Kier alpha value is -5.10. The van der Waals surface area contributed by atoms with Crippen LogP contribution in [-0.2, 0) is 20.8 Å². The van der Waals surface area contributed by atoms with E-state index < -0.39 is 17.3 Å². The fraction of sp³-hybridized carbons (Fsp3) is 0.310. The van der Waals surface area contributed by atoms with E-state index in [1.807, 2.05) is 42.0 Å². The highest BCUT2D eigenvalue weighted by Crippen LogP contribution is 2.33. The molecule has 3 aromatic carbocycles. The molecule has 1 amide bonds. The van der Waals surface area contributed by atoms with Gasteiger partial charge in [0.2, 0.25) is 5.43 Å². The third-order valence-electron chi connectivity index (χ3n) is 10.3. The minimum atomic E-state index is -2.16. The van der Waals surface area contributed by atoms with E-state index in [4.69, 9.17) is 76.5 Å². The normalized spacial score (nSPS) is 16.1. The van der Waals surface area contributed by atoms with Crippen LogP contribution >= 0.6 is 0 Å². The van der Waals surface area contributed by atoms with Crippen molar-refractivity contribution in [3.8, 4) is 44.9 Å². The maximum Gasteiger partial charge on any atom is 0.261 e. The molecule has 1 atom stereocenters. The van der Waals surface area contributed by atoms with Crippen LogP contribution in [0.25, 0.3) is 33.4 Å². The van der Waals surface area contributed by atoms with Crippen LogP contribution in [0.3, 0.4) is 0 Å². The Balaban J connectivity index is 1.16. The van der Waals surface area contributed by atoms with Crippen LogP contribution in [0.5, 0.6) is 11.5 Å². The molecule has 0 spiro atoms. The summed E-state index contributed by atoms with van der Waals surface area (Å²) in [6, 6.07) is 16.3. The molecule has 0 saturated carbocycles. The molecule has 286 valence electrons. The van der Waals surface area contributed by atoms with Crippen molar-refractivity contribution in [1.29, 1.82) is 0 Å². The van der Waals surface area contributed by atoms with Crippen LogP contribution < -0.4 is 42.3 Å². The molecular weight excluding hydrogens is 737 g/mol. The Morgan fingerprint density at radius 2 is 1.58 bits per heavy atom. The molecule has 2 aromatic heterocycles. The average Bonchev–Trinajstić information content (AvgIpc) is 3.22. The first-order chi connectivity index (χ1) is 28.3. The second-order valence-corrected chi connectivity index (χ2v) is 14.8. The summed E-state index contributed by atoms with van der Waals surface area (Å²) in [6.07, 6.45) is 6.35. The Labute approximate surface area is 351 Å². The standard InChI is InChI=1S/C42H38B6N4O7/c1-23-2-4-26(5-3-23)31-19-52(18-24-10-12-55-13-11-24)20-32(37(31)53)41(54)51-28-8-6-25(7-9-28)30-16-27(17-50-40(30)49)33-34(43)36(45)38(39(35(33)44)59-42(46,47)48)58-22-29-21-56-14-15-57-29/h2-9,16-17,19-20,24,29H,10-15,18,21-22H2,1H3,(H2,49,50)(H,51,54)/t29-/m1/s1. The summed E-state index contributed by atoms with van der Waals surface area (Å²) in [4.78, 5) is 32.1. The van der Waals surface area contributed by atoms with E-state index in [1.54, 1.807) is 36.5 Å². The molecule has 0 aliphatic carbocycles. The Morgan fingerprint density at radius 1 is 0.881 bits per heavy atom. The predicted octanol–water partition coefficient (Wildman–Crippen LogP) is 1.49. The van der Waals surface area contributed by atoms with Gasteiger partial charge in [-0.15, -0.1) is 0 Å². The van der Waals surface area contributed by atoms with Crippen molar-refractivity contribution in [3.05, 3.63) is 94.5 Å². The Bertz CT molecular complexity index is 2380. The van der Waals surface area contributed by atoms with Gasteiger partial charge in [0.15, 0.2) is 11.5 Å². The minimum absolute atomic E-state index is 0.0107. The molecule has 0 bridgehead atoms. The summed E-state index contributed by atoms with van der Waals surface area (Å²) >= 11 is 0. The Kier molecular flexibility index (Phi) is 12.8. The summed E-state index contributed by atoms with van der Waals surface area (Å²) in [5.41, 5.74) is 10.6. The number of aromatic nitrogens is 2. The van der Waals surface area contributed by atoms with E-state index in [0.717, 1.165) is 24.0 Å². The first kappa shape index (κ1) is 42.0. The van der Waals surface area contributed by atoms with Crippen molar-refractivity contribution < 1.29 is 28.5 Å². The van der Waals surface area contributed by atoms with Gasteiger partial charge in [0.25, 0.3) is 5.91 Å². The second-order valence-electron chi connectivity index (χ2n) is 14.8. The Morgan fingerprint density at radius 3 is 2.25 bits per heavy atom. The highest BCUT2D eigenvalue weighted by atomic mass is 16.6. The second kappa shape index (κ2) is 18.0. The molecule has 2 aliphatic heterocycles. The highest BCUT2D eigenvalue weighted by Gasteiger charge is 2.26. The molecule has 3 N–H and O–H groups in total. The first-order valence-electron chi connectivity index (χ1n) is 19.2.